The molecule has 1 aliphatic carbocycles. The number of thiophene rings is 1. The lowest BCUT2D eigenvalue weighted by Crippen LogP contribution is -2.34. The van der Waals surface area contributed by atoms with Gasteiger partial charge in [0, 0.05) is 30.6 Å². The van der Waals surface area contributed by atoms with Gasteiger partial charge < -0.3 is 5.32 Å². The Balaban J connectivity index is 1.64. The molecule has 1 aromatic heterocycles. The summed E-state index contributed by atoms with van der Waals surface area (Å²) >= 11 is 1.42. The first-order valence-corrected chi connectivity index (χ1v) is 9.79. The van der Waals surface area contributed by atoms with Crippen LogP contribution < -0.4 is 5.32 Å². The Morgan fingerprint density at radius 2 is 2.19 bits per heavy atom. The highest BCUT2D eigenvalue weighted by molar-refractivity contribution is 7.91. The second-order valence-corrected chi connectivity index (χ2v) is 9.21. The maximum Gasteiger partial charge on any atom is 0.252 e. The van der Waals surface area contributed by atoms with Crippen LogP contribution in [-0.4, -0.2) is 38.4 Å². The van der Waals surface area contributed by atoms with Crippen LogP contribution in [0.5, 0.6) is 0 Å². The van der Waals surface area contributed by atoms with Crippen LogP contribution in [0.1, 0.15) is 31.1 Å². The fourth-order valence-corrected chi connectivity index (χ4v) is 5.53. The molecular weight excluding hydrogens is 304 g/mol. The molecule has 0 radical (unpaired) electrons. The molecule has 0 unspecified atom stereocenters. The summed E-state index contributed by atoms with van der Waals surface area (Å²) in [7, 11) is -3.31. The summed E-state index contributed by atoms with van der Waals surface area (Å²) in [5, 5.41) is 3.46. The van der Waals surface area contributed by atoms with Gasteiger partial charge in [-0.15, -0.1) is 11.3 Å². The fraction of sp³-hybridized carbons (Fsp3) is 0.600. The van der Waals surface area contributed by atoms with Crippen LogP contribution in [-0.2, 0) is 16.4 Å². The summed E-state index contributed by atoms with van der Waals surface area (Å²) in [4.78, 5) is 1.14. The third-order valence-corrected chi connectivity index (χ3v) is 7.37. The first-order valence-electron chi connectivity index (χ1n) is 7.53. The molecule has 2 heterocycles. The van der Waals surface area contributed by atoms with E-state index in [-0.39, 0.29) is 0 Å². The van der Waals surface area contributed by atoms with Gasteiger partial charge in [-0.2, -0.15) is 4.31 Å². The van der Waals surface area contributed by atoms with Crippen LogP contribution in [0.2, 0.25) is 0 Å². The van der Waals surface area contributed by atoms with Gasteiger partial charge in [0.25, 0.3) is 10.0 Å². The van der Waals surface area contributed by atoms with Gasteiger partial charge in [-0.05, 0) is 44.7 Å². The van der Waals surface area contributed by atoms with E-state index in [4.69, 9.17) is 0 Å². The second-order valence-electron chi connectivity index (χ2n) is 5.88. The lowest BCUT2D eigenvalue weighted by Gasteiger charge is -2.24. The topological polar surface area (TPSA) is 49.4 Å². The predicted molar refractivity (Wildman–Crippen MR) is 86.2 cm³/mol. The van der Waals surface area contributed by atoms with E-state index < -0.39 is 10.0 Å². The van der Waals surface area contributed by atoms with E-state index in [1.807, 2.05) is 13.0 Å². The van der Waals surface area contributed by atoms with Gasteiger partial charge in [0.1, 0.15) is 4.21 Å². The highest BCUT2D eigenvalue weighted by Crippen LogP contribution is 2.27. The van der Waals surface area contributed by atoms with Crippen molar-refractivity contribution in [2.75, 3.05) is 19.6 Å². The molecule has 0 amide bonds. The van der Waals surface area contributed by atoms with E-state index in [1.54, 1.807) is 10.4 Å². The number of nitrogens with one attached hydrogen (secondary N) is 1. The highest BCUT2D eigenvalue weighted by Gasteiger charge is 2.27. The molecule has 1 aliphatic heterocycles. The van der Waals surface area contributed by atoms with Crippen molar-refractivity contribution in [1.29, 1.82) is 0 Å². The zero-order valence-electron chi connectivity index (χ0n) is 12.3. The van der Waals surface area contributed by atoms with Crippen molar-refractivity contribution in [3.63, 3.8) is 0 Å². The number of sulfonamides is 1. The first kappa shape index (κ1) is 15.2. The van der Waals surface area contributed by atoms with Crippen LogP contribution in [0.3, 0.4) is 0 Å². The minimum atomic E-state index is -3.31. The predicted octanol–water partition coefficient (Wildman–Crippen LogP) is 2.38. The van der Waals surface area contributed by atoms with Crippen molar-refractivity contribution in [2.45, 2.75) is 42.9 Å². The van der Waals surface area contributed by atoms with Crippen molar-refractivity contribution in [2.24, 2.45) is 0 Å². The molecule has 21 heavy (non-hydrogen) atoms. The van der Waals surface area contributed by atoms with Crippen LogP contribution in [0.4, 0.5) is 0 Å². The zero-order chi connectivity index (χ0) is 14.9. The molecule has 1 fully saturated rings. The monoisotopic (exact) mass is 326 g/mol. The van der Waals surface area contributed by atoms with Crippen molar-refractivity contribution < 1.29 is 8.42 Å². The van der Waals surface area contributed by atoms with Crippen molar-refractivity contribution >= 4 is 21.4 Å². The minimum Gasteiger partial charge on any atom is -0.314 e. The fourth-order valence-electron chi connectivity index (χ4n) is 2.53. The first-order chi connectivity index (χ1) is 10.1. The molecule has 1 N–H and O–H groups in total. The molecule has 116 valence electrons. The molecule has 0 spiro atoms. The van der Waals surface area contributed by atoms with Gasteiger partial charge in [-0.3, -0.25) is 0 Å². The molecule has 6 heteroatoms. The maximum atomic E-state index is 12.6. The lowest BCUT2D eigenvalue weighted by molar-refractivity contribution is 0.429. The Kier molecular flexibility index (Phi) is 4.49. The molecular formula is C15H22N2O2S2. The number of hydrogen-bond acceptors (Lipinski definition) is 4. The van der Waals surface area contributed by atoms with Crippen LogP contribution >= 0.6 is 11.3 Å². The average Bonchev–Trinajstić information content (AvgIpc) is 3.14. The third-order valence-electron chi connectivity index (χ3n) is 3.91. The van der Waals surface area contributed by atoms with Crippen LogP contribution in [0.15, 0.2) is 28.0 Å². The largest absolute Gasteiger partial charge is 0.314 e. The SMILES string of the molecule is CC1=CCCN(S(=O)(=O)c2ccc(CCNC3CC3)s2)C1. The smallest absolute Gasteiger partial charge is 0.252 e. The van der Waals surface area contributed by atoms with Gasteiger partial charge in [0.15, 0.2) is 0 Å². The summed E-state index contributed by atoms with van der Waals surface area (Å²) in [6.07, 6.45) is 6.41. The standard InChI is InChI=1S/C15H22N2O2S2/c1-12-3-2-10-17(11-12)21(18,19)15-7-6-14(20-15)8-9-16-13-4-5-13/h3,6-7,13,16H,2,4-5,8-11H2,1H3. The highest BCUT2D eigenvalue weighted by atomic mass is 32.2. The van der Waals surface area contributed by atoms with Crippen LogP contribution in [0.25, 0.3) is 0 Å². The van der Waals surface area contributed by atoms with E-state index in [0.717, 1.165) is 29.8 Å². The summed E-state index contributed by atoms with van der Waals surface area (Å²) in [6, 6.07) is 4.43. The Morgan fingerprint density at radius 1 is 1.38 bits per heavy atom. The van der Waals surface area contributed by atoms with Crippen molar-refractivity contribution in [3.8, 4) is 0 Å². The van der Waals surface area contributed by atoms with E-state index in [0.29, 0.717) is 23.3 Å². The summed E-state index contributed by atoms with van der Waals surface area (Å²) in [5.74, 6) is 0. The zero-order valence-corrected chi connectivity index (χ0v) is 14.0. The number of nitrogens with zero attached hydrogens (tertiary/aromatic N) is 1. The van der Waals surface area contributed by atoms with E-state index in [2.05, 4.69) is 11.4 Å². The van der Waals surface area contributed by atoms with Gasteiger partial charge in [0.05, 0.1) is 0 Å². The Hall–Kier alpha value is -0.690. The molecule has 3 rings (SSSR count). The van der Waals surface area contributed by atoms with Gasteiger partial charge >= 0.3 is 0 Å². The summed E-state index contributed by atoms with van der Waals surface area (Å²) in [6.45, 7) is 4.05. The third kappa shape index (κ3) is 3.74. The van der Waals surface area contributed by atoms with Gasteiger partial charge in [-0.25, -0.2) is 8.42 Å². The molecule has 0 aromatic carbocycles. The van der Waals surface area contributed by atoms with E-state index in [1.165, 1.54) is 24.2 Å². The molecule has 1 aromatic rings. The maximum absolute atomic E-state index is 12.6. The molecule has 0 saturated heterocycles. The minimum absolute atomic E-state index is 0.485. The molecule has 1 saturated carbocycles. The molecule has 2 aliphatic rings. The van der Waals surface area contributed by atoms with Crippen LogP contribution in [0, 0.1) is 0 Å². The second kappa shape index (κ2) is 6.20. The number of rotatable bonds is 6. The normalized spacial score (nSPS) is 20.5. The van der Waals surface area contributed by atoms with E-state index in [9.17, 15) is 8.42 Å². The van der Waals surface area contributed by atoms with Gasteiger partial charge in [0.2, 0.25) is 0 Å². The van der Waals surface area contributed by atoms with Gasteiger partial charge in [-0.1, -0.05) is 11.6 Å². The Labute approximate surface area is 130 Å². The quantitative estimate of drug-likeness (QED) is 0.817. The average molecular weight is 326 g/mol. The molecule has 4 nitrogen and oxygen atoms in total. The Morgan fingerprint density at radius 3 is 2.90 bits per heavy atom. The molecule has 0 atom stereocenters. The van der Waals surface area contributed by atoms with Crippen molar-refractivity contribution in [1.82, 2.24) is 9.62 Å². The van der Waals surface area contributed by atoms with Crippen molar-refractivity contribution in [3.05, 3.63) is 28.7 Å². The number of hydrogen-bond donors (Lipinski definition) is 1. The van der Waals surface area contributed by atoms with E-state index >= 15 is 0 Å². The Bertz CT molecular complexity index is 630. The molecule has 0 bridgehead atoms. The summed E-state index contributed by atoms with van der Waals surface area (Å²) in [5.41, 5.74) is 1.13. The summed E-state index contributed by atoms with van der Waals surface area (Å²) < 4.78 is 27.3. The lowest BCUT2D eigenvalue weighted by atomic mass is 10.2.